The van der Waals surface area contributed by atoms with Crippen LogP contribution in [0.1, 0.15) is 23.7 Å². The van der Waals surface area contributed by atoms with Crippen LogP contribution in [-0.4, -0.2) is 26.4 Å². The standard InChI is InChI=1S/C21H17IN4O8/c1-2-33-17-10-13(5-8-16-18(26(31)32)20(27)24-21(28)23-16)9-15(22)19(17)34-11-12-3-6-14(7-4-12)25(29)30/h3-10H,2,11H2,1H3,(H2,23,24,27,28)/b8-5-. The number of nitro benzene ring substituents is 1. The van der Waals surface area contributed by atoms with E-state index in [9.17, 15) is 29.8 Å². The Bertz CT molecular complexity index is 1380. The number of hydrogen-bond donors (Lipinski definition) is 2. The van der Waals surface area contributed by atoms with Gasteiger partial charge in [-0.15, -0.1) is 0 Å². The van der Waals surface area contributed by atoms with Gasteiger partial charge in [0.25, 0.3) is 5.69 Å². The van der Waals surface area contributed by atoms with Crippen LogP contribution >= 0.6 is 22.6 Å². The van der Waals surface area contributed by atoms with E-state index in [1.165, 1.54) is 24.3 Å². The smallest absolute Gasteiger partial charge is 0.357 e. The lowest BCUT2D eigenvalue weighted by molar-refractivity contribution is -0.386. The maximum absolute atomic E-state index is 11.8. The van der Waals surface area contributed by atoms with E-state index < -0.39 is 26.8 Å². The zero-order valence-corrected chi connectivity index (χ0v) is 19.7. The molecule has 0 aliphatic carbocycles. The van der Waals surface area contributed by atoms with E-state index in [2.05, 4.69) is 4.98 Å². The lowest BCUT2D eigenvalue weighted by atomic mass is 10.1. The molecule has 0 aliphatic heterocycles. The van der Waals surface area contributed by atoms with Crippen LogP contribution in [0.2, 0.25) is 0 Å². The Morgan fingerprint density at radius 1 is 1.00 bits per heavy atom. The van der Waals surface area contributed by atoms with Gasteiger partial charge in [0.05, 0.1) is 20.0 Å². The molecule has 0 radical (unpaired) electrons. The number of nitrogens with zero attached hydrogens (tertiary/aromatic N) is 2. The summed E-state index contributed by atoms with van der Waals surface area (Å²) in [4.78, 5) is 48.0. The Labute approximate surface area is 204 Å². The molecule has 1 heterocycles. The third kappa shape index (κ3) is 5.86. The molecule has 12 nitrogen and oxygen atoms in total. The summed E-state index contributed by atoms with van der Waals surface area (Å²) in [6.45, 7) is 2.27. The van der Waals surface area contributed by atoms with Gasteiger partial charge in [0.1, 0.15) is 12.3 Å². The number of halogens is 1. The van der Waals surface area contributed by atoms with Gasteiger partial charge in [0, 0.05) is 12.1 Å². The number of ether oxygens (including phenoxy) is 2. The highest BCUT2D eigenvalue weighted by Crippen LogP contribution is 2.35. The third-order valence-electron chi connectivity index (χ3n) is 4.43. The van der Waals surface area contributed by atoms with Crippen molar-refractivity contribution in [2.24, 2.45) is 0 Å². The van der Waals surface area contributed by atoms with Gasteiger partial charge in [-0.05, 0) is 71.0 Å². The van der Waals surface area contributed by atoms with Crippen LogP contribution in [0.15, 0.2) is 46.0 Å². The van der Waals surface area contributed by atoms with Gasteiger partial charge in [-0.25, -0.2) is 4.79 Å². The summed E-state index contributed by atoms with van der Waals surface area (Å²) in [5, 5.41) is 22.0. The maximum atomic E-state index is 11.8. The first kappa shape index (κ1) is 24.6. The van der Waals surface area contributed by atoms with Crippen molar-refractivity contribution in [3.05, 3.63) is 97.9 Å². The van der Waals surface area contributed by atoms with Crippen molar-refractivity contribution in [3.8, 4) is 11.5 Å². The van der Waals surface area contributed by atoms with E-state index >= 15 is 0 Å². The van der Waals surface area contributed by atoms with Crippen LogP contribution in [0.4, 0.5) is 11.4 Å². The predicted molar refractivity (Wildman–Crippen MR) is 131 cm³/mol. The molecule has 0 amide bonds. The molecule has 0 spiro atoms. The molecule has 34 heavy (non-hydrogen) atoms. The van der Waals surface area contributed by atoms with Crippen molar-refractivity contribution < 1.29 is 19.3 Å². The lowest BCUT2D eigenvalue weighted by Crippen LogP contribution is -2.25. The number of aromatic amines is 2. The molecular weight excluding hydrogens is 563 g/mol. The van der Waals surface area contributed by atoms with Crippen molar-refractivity contribution in [1.29, 1.82) is 0 Å². The zero-order chi connectivity index (χ0) is 24.8. The molecule has 176 valence electrons. The molecule has 0 saturated carbocycles. The first-order valence-corrected chi connectivity index (χ1v) is 10.8. The molecule has 3 aromatic rings. The fourth-order valence-corrected chi connectivity index (χ4v) is 3.72. The first-order chi connectivity index (χ1) is 16.2. The summed E-state index contributed by atoms with van der Waals surface area (Å²) in [6.07, 6.45) is 2.75. The molecule has 0 aliphatic rings. The minimum Gasteiger partial charge on any atom is -0.490 e. The van der Waals surface area contributed by atoms with Crippen LogP contribution in [0.3, 0.4) is 0 Å². The summed E-state index contributed by atoms with van der Waals surface area (Å²) in [5.41, 5.74) is -1.72. The van der Waals surface area contributed by atoms with E-state index in [1.54, 1.807) is 31.2 Å². The Kier molecular flexibility index (Phi) is 7.78. The first-order valence-electron chi connectivity index (χ1n) is 9.71. The molecule has 0 bridgehead atoms. The number of aromatic nitrogens is 2. The quantitative estimate of drug-likeness (QED) is 0.220. The second-order valence-electron chi connectivity index (χ2n) is 6.74. The highest BCUT2D eigenvalue weighted by Gasteiger charge is 2.19. The van der Waals surface area contributed by atoms with Crippen LogP contribution < -0.4 is 20.7 Å². The molecule has 2 N–H and O–H groups in total. The molecule has 0 fully saturated rings. The minimum atomic E-state index is -1.10. The number of nitrogens with one attached hydrogen (secondary N) is 2. The van der Waals surface area contributed by atoms with Gasteiger partial charge in [-0.1, -0.05) is 6.08 Å². The Morgan fingerprint density at radius 2 is 1.71 bits per heavy atom. The SMILES string of the molecule is CCOc1cc(/C=C\c2[nH]c(=O)[nH]c(=O)c2[N+](=O)[O-])cc(I)c1OCc1ccc([N+](=O)[O-])cc1. The highest BCUT2D eigenvalue weighted by atomic mass is 127. The molecule has 1 aromatic heterocycles. The Balaban J connectivity index is 1.89. The van der Waals surface area contributed by atoms with E-state index in [4.69, 9.17) is 9.47 Å². The van der Waals surface area contributed by atoms with Gasteiger partial charge in [0.2, 0.25) is 0 Å². The number of non-ortho nitro benzene ring substituents is 1. The second kappa shape index (κ2) is 10.7. The largest absolute Gasteiger partial charge is 0.490 e. The van der Waals surface area contributed by atoms with E-state index in [-0.39, 0.29) is 18.0 Å². The molecule has 13 heteroatoms. The minimum absolute atomic E-state index is 0.0218. The fourth-order valence-electron chi connectivity index (χ4n) is 2.94. The van der Waals surface area contributed by atoms with Gasteiger partial charge < -0.3 is 14.5 Å². The fraction of sp³-hybridized carbons (Fsp3) is 0.143. The van der Waals surface area contributed by atoms with E-state index in [0.717, 1.165) is 5.56 Å². The van der Waals surface area contributed by atoms with Crippen LogP contribution in [0, 0.1) is 23.8 Å². The average molecular weight is 580 g/mol. The van der Waals surface area contributed by atoms with Gasteiger partial charge in [0.15, 0.2) is 11.5 Å². The molecular formula is C21H17IN4O8. The van der Waals surface area contributed by atoms with E-state index in [1.807, 2.05) is 27.6 Å². The third-order valence-corrected chi connectivity index (χ3v) is 5.23. The summed E-state index contributed by atoms with van der Waals surface area (Å²) >= 11 is 2.04. The van der Waals surface area contributed by atoms with Crippen LogP contribution in [0.25, 0.3) is 12.2 Å². The van der Waals surface area contributed by atoms with Gasteiger partial charge >= 0.3 is 16.9 Å². The molecule has 2 aromatic carbocycles. The van der Waals surface area contributed by atoms with Crippen molar-refractivity contribution >= 4 is 46.1 Å². The Hall–Kier alpha value is -4.01. The average Bonchev–Trinajstić information content (AvgIpc) is 2.77. The lowest BCUT2D eigenvalue weighted by Gasteiger charge is -2.15. The normalized spacial score (nSPS) is 10.9. The summed E-state index contributed by atoms with van der Waals surface area (Å²) in [6, 6.07) is 9.33. The number of benzene rings is 2. The van der Waals surface area contributed by atoms with Crippen LogP contribution in [0.5, 0.6) is 11.5 Å². The molecule has 0 saturated heterocycles. The van der Waals surface area contributed by atoms with Gasteiger partial charge in [-0.3, -0.25) is 30.0 Å². The number of hydrogen-bond acceptors (Lipinski definition) is 8. The molecule has 0 atom stereocenters. The van der Waals surface area contributed by atoms with Crippen molar-refractivity contribution in [1.82, 2.24) is 9.97 Å². The number of H-pyrrole nitrogens is 2. The highest BCUT2D eigenvalue weighted by molar-refractivity contribution is 14.1. The zero-order valence-electron chi connectivity index (χ0n) is 17.6. The van der Waals surface area contributed by atoms with Crippen LogP contribution in [-0.2, 0) is 6.61 Å². The monoisotopic (exact) mass is 580 g/mol. The van der Waals surface area contributed by atoms with Crippen molar-refractivity contribution in [2.45, 2.75) is 13.5 Å². The Morgan fingerprint density at radius 3 is 2.32 bits per heavy atom. The van der Waals surface area contributed by atoms with Gasteiger partial charge in [-0.2, -0.15) is 0 Å². The van der Waals surface area contributed by atoms with Crippen molar-refractivity contribution in [2.75, 3.05) is 6.61 Å². The second-order valence-corrected chi connectivity index (χ2v) is 7.90. The summed E-state index contributed by atoms with van der Waals surface area (Å²) in [7, 11) is 0. The molecule has 0 unspecified atom stereocenters. The summed E-state index contributed by atoms with van der Waals surface area (Å²) in [5.74, 6) is 0.860. The number of rotatable bonds is 9. The number of nitro groups is 2. The summed E-state index contributed by atoms with van der Waals surface area (Å²) < 4.78 is 12.2. The maximum Gasteiger partial charge on any atom is 0.357 e. The molecule has 3 rings (SSSR count). The topological polar surface area (TPSA) is 170 Å². The predicted octanol–water partition coefficient (Wildman–Crippen LogP) is 3.63. The van der Waals surface area contributed by atoms with Crippen molar-refractivity contribution in [3.63, 3.8) is 0 Å². The van der Waals surface area contributed by atoms with E-state index in [0.29, 0.717) is 27.2 Å².